The minimum absolute atomic E-state index is 0.355. The van der Waals surface area contributed by atoms with Crippen molar-refractivity contribution >= 4 is 11.6 Å². The number of ether oxygens (including phenoxy) is 3. The lowest BCUT2D eigenvalue weighted by Crippen LogP contribution is -2.14. The molecular formula is C20H22N2O4. The Morgan fingerprint density at radius 1 is 1.00 bits per heavy atom. The number of para-hydroxylation sites is 1. The van der Waals surface area contributed by atoms with Crippen LogP contribution in [0, 0.1) is 11.3 Å². The molecule has 26 heavy (non-hydrogen) atoms. The van der Waals surface area contributed by atoms with Gasteiger partial charge in [-0.25, -0.2) is 0 Å². The van der Waals surface area contributed by atoms with Crippen molar-refractivity contribution in [2.75, 3.05) is 25.1 Å². The Morgan fingerprint density at radius 3 is 2.12 bits per heavy atom. The summed E-state index contributed by atoms with van der Waals surface area (Å²) in [5.74, 6) is 1.00. The van der Waals surface area contributed by atoms with Crippen LogP contribution in [0.15, 0.2) is 36.4 Å². The smallest absolute Gasteiger partial charge is 0.255 e. The SMILES string of the molecule is CCOc1cc(C(=O)Nc2ccccc2C#N)cc(OCC)c1OCC. The third-order valence-corrected chi connectivity index (χ3v) is 3.47. The Bertz CT molecular complexity index is 785. The summed E-state index contributed by atoms with van der Waals surface area (Å²) in [6.45, 7) is 6.87. The first-order valence-corrected chi connectivity index (χ1v) is 8.51. The molecule has 0 aliphatic rings. The lowest BCUT2D eigenvalue weighted by atomic mass is 10.1. The maximum absolute atomic E-state index is 12.7. The van der Waals surface area contributed by atoms with Gasteiger partial charge in [-0.15, -0.1) is 0 Å². The van der Waals surface area contributed by atoms with E-state index in [9.17, 15) is 4.79 Å². The van der Waals surface area contributed by atoms with Crippen molar-refractivity contribution in [1.82, 2.24) is 0 Å². The topological polar surface area (TPSA) is 80.6 Å². The molecule has 2 aromatic rings. The average Bonchev–Trinajstić information content (AvgIpc) is 2.65. The van der Waals surface area contributed by atoms with E-state index in [0.717, 1.165) is 0 Å². The molecule has 0 saturated carbocycles. The number of carbonyl (C=O) groups excluding carboxylic acids is 1. The Hall–Kier alpha value is -3.20. The van der Waals surface area contributed by atoms with Gasteiger partial charge < -0.3 is 19.5 Å². The number of nitrogens with zero attached hydrogens (tertiary/aromatic N) is 1. The summed E-state index contributed by atoms with van der Waals surface area (Å²) in [7, 11) is 0. The summed E-state index contributed by atoms with van der Waals surface area (Å²) in [5.41, 5.74) is 1.19. The summed E-state index contributed by atoms with van der Waals surface area (Å²) in [5, 5.41) is 11.9. The molecule has 0 aromatic heterocycles. The highest BCUT2D eigenvalue weighted by Crippen LogP contribution is 2.39. The Kier molecular flexibility index (Phi) is 6.86. The number of benzene rings is 2. The van der Waals surface area contributed by atoms with Gasteiger partial charge in [0.1, 0.15) is 6.07 Å². The molecule has 1 N–H and O–H groups in total. The van der Waals surface area contributed by atoms with Crippen molar-refractivity contribution in [3.05, 3.63) is 47.5 Å². The predicted octanol–water partition coefficient (Wildman–Crippen LogP) is 4.01. The second kappa shape index (κ2) is 9.33. The van der Waals surface area contributed by atoms with E-state index in [1.165, 1.54) is 0 Å². The van der Waals surface area contributed by atoms with Crippen molar-refractivity contribution in [1.29, 1.82) is 5.26 Å². The number of amides is 1. The average molecular weight is 354 g/mol. The molecule has 0 spiro atoms. The third kappa shape index (κ3) is 4.45. The summed E-state index contributed by atoms with van der Waals surface area (Å²) >= 11 is 0. The quantitative estimate of drug-likeness (QED) is 0.775. The molecule has 0 unspecified atom stereocenters. The highest BCUT2D eigenvalue weighted by atomic mass is 16.5. The molecule has 0 aliphatic heterocycles. The zero-order valence-corrected chi connectivity index (χ0v) is 15.2. The first kappa shape index (κ1) is 19.1. The summed E-state index contributed by atoms with van der Waals surface area (Å²) in [6.07, 6.45) is 0. The van der Waals surface area contributed by atoms with Crippen LogP contribution < -0.4 is 19.5 Å². The van der Waals surface area contributed by atoms with Crippen LogP contribution in [-0.2, 0) is 0 Å². The Labute approximate surface area is 153 Å². The molecule has 2 aromatic carbocycles. The minimum atomic E-state index is -0.363. The molecule has 6 nitrogen and oxygen atoms in total. The third-order valence-electron chi connectivity index (χ3n) is 3.47. The molecule has 0 saturated heterocycles. The second-order valence-electron chi connectivity index (χ2n) is 5.21. The van der Waals surface area contributed by atoms with Gasteiger partial charge in [-0.2, -0.15) is 5.26 Å². The minimum Gasteiger partial charge on any atom is -0.490 e. The maximum atomic E-state index is 12.7. The maximum Gasteiger partial charge on any atom is 0.255 e. The van der Waals surface area contributed by atoms with Gasteiger partial charge in [0, 0.05) is 5.56 Å². The van der Waals surface area contributed by atoms with E-state index in [1.54, 1.807) is 36.4 Å². The predicted molar refractivity (Wildman–Crippen MR) is 99.1 cm³/mol. The van der Waals surface area contributed by atoms with Crippen LogP contribution in [0.25, 0.3) is 0 Å². The molecule has 2 rings (SSSR count). The summed E-state index contributed by atoms with van der Waals surface area (Å²) in [6, 6.07) is 12.1. The zero-order chi connectivity index (χ0) is 18.9. The Balaban J connectivity index is 2.41. The fraction of sp³-hybridized carbons (Fsp3) is 0.300. The monoisotopic (exact) mass is 354 g/mol. The Morgan fingerprint density at radius 2 is 1.58 bits per heavy atom. The largest absolute Gasteiger partial charge is 0.490 e. The van der Waals surface area contributed by atoms with Crippen LogP contribution in [0.4, 0.5) is 5.69 Å². The lowest BCUT2D eigenvalue weighted by Gasteiger charge is -2.17. The number of nitrogens with one attached hydrogen (secondary N) is 1. The van der Waals surface area contributed by atoms with Gasteiger partial charge in [-0.3, -0.25) is 4.79 Å². The van der Waals surface area contributed by atoms with Crippen LogP contribution >= 0.6 is 0 Å². The highest BCUT2D eigenvalue weighted by Gasteiger charge is 2.19. The van der Waals surface area contributed by atoms with Crippen molar-refractivity contribution in [2.45, 2.75) is 20.8 Å². The van der Waals surface area contributed by atoms with Crippen molar-refractivity contribution in [3.63, 3.8) is 0 Å². The van der Waals surface area contributed by atoms with Gasteiger partial charge in [0.15, 0.2) is 11.5 Å². The van der Waals surface area contributed by atoms with Gasteiger partial charge in [-0.1, -0.05) is 12.1 Å². The standard InChI is InChI=1S/C20H22N2O4/c1-4-24-17-11-15(12-18(25-5-2)19(17)26-6-3)20(23)22-16-10-8-7-9-14(16)13-21/h7-12H,4-6H2,1-3H3,(H,22,23). The molecule has 0 fully saturated rings. The molecule has 0 heterocycles. The molecule has 0 radical (unpaired) electrons. The van der Waals surface area contributed by atoms with E-state index in [0.29, 0.717) is 53.9 Å². The first-order chi connectivity index (χ1) is 12.6. The molecule has 136 valence electrons. The molecule has 6 heteroatoms. The fourth-order valence-corrected chi connectivity index (χ4v) is 2.40. The first-order valence-electron chi connectivity index (χ1n) is 8.51. The van der Waals surface area contributed by atoms with E-state index >= 15 is 0 Å². The van der Waals surface area contributed by atoms with Gasteiger partial charge >= 0.3 is 0 Å². The molecule has 1 amide bonds. The highest BCUT2D eigenvalue weighted by molar-refractivity contribution is 6.05. The van der Waals surface area contributed by atoms with E-state index in [2.05, 4.69) is 11.4 Å². The normalized spacial score (nSPS) is 9.92. The van der Waals surface area contributed by atoms with Crippen LogP contribution in [0.5, 0.6) is 17.2 Å². The number of carbonyl (C=O) groups is 1. The second-order valence-corrected chi connectivity index (χ2v) is 5.21. The van der Waals surface area contributed by atoms with Crippen molar-refractivity contribution < 1.29 is 19.0 Å². The van der Waals surface area contributed by atoms with Gasteiger partial charge in [-0.05, 0) is 45.0 Å². The molecule has 0 aliphatic carbocycles. The van der Waals surface area contributed by atoms with Gasteiger partial charge in [0.05, 0.1) is 31.1 Å². The number of hydrogen-bond donors (Lipinski definition) is 1. The zero-order valence-electron chi connectivity index (χ0n) is 15.2. The summed E-state index contributed by atoms with van der Waals surface area (Å²) in [4.78, 5) is 12.7. The van der Waals surface area contributed by atoms with Crippen LogP contribution in [0.2, 0.25) is 0 Å². The van der Waals surface area contributed by atoms with Crippen LogP contribution in [0.1, 0.15) is 36.7 Å². The van der Waals surface area contributed by atoms with E-state index < -0.39 is 0 Å². The summed E-state index contributed by atoms with van der Waals surface area (Å²) < 4.78 is 16.9. The number of anilines is 1. The van der Waals surface area contributed by atoms with E-state index in [-0.39, 0.29) is 5.91 Å². The van der Waals surface area contributed by atoms with E-state index in [4.69, 9.17) is 19.5 Å². The molecular weight excluding hydrogens is 332 g/mol. The number of hydrogen-bond acceptors (Lipinski definition) is 5. The van der Waals surface area contributed by atoms with Gasteiger partial charge in [0.25, 0.3) is 5.91 Å². The van der Waals surface area contributed by atoms with Crippen molar-refractivity contribution in [3.8, 4) is 23.3 Å². The van der Waals surface area contributed by atoms with Crippen molar-refractivity contribution in [2.24, 2.45) is 0 Å². The van der Waals surface area contributed by atoms with E-state index in [1.807, 2.05) is 20.8 Å². The molecule has 0 atom stereocenters. The number of nitriles is 1. The number of rotatable bonds is 8. The lowest BCUT2D eigenvalue weighted by molar-refractivity contribution is 0.102. The molecule has 0 bridgehead atoms. The van der Waals surface area contributed by atoms with Gasteiger partial charge in [0.2, 0.25) is 5.75 Å². The van der Waals surface area contributed by atoms with Crippen LogP contribution in [-0.4, -0.2) is 25.7 Å². The fourth-order valence-electron chi connectivity index (χ4n) is 2.40. The van der Waals surface area contributed by atoms with Crippen LogP contribution in [0.3, 0.4) is 0 Å².